The minimum atomic E-state index is -1.65. The Bertz CT molecular complexity index is 932. The van der Waals surface area contributed by atoms with Gasteiger partial charge >= 0.3 is 5.97 Å². The number of methoxy groups -OCH3 is 1. The Labute approximate surface area is 183 Å². The first-order chi connectivity index (χ1) is 14.4. The van der Waals surface area contributed by atoms with Gasteiger partial charge < -0.3 is 20.1 Å². The van der Waals surface area contributed by atoms with Crippen LogP contribution in [0.4, 0.5) is 0 Å². The van der Waals surface area contributed by atoms with Crippen LogP contribution in [0.15, 0.2) is 16.1 Å². The van der Waals surface area contributed by atoms with E-state index in [2.05, 4.69) is 20.8 Å². The second-order valence-corrected chi connectivity index (χ2v) is 9.03. The van der Waals surface area contributed by atoms with Gasteiger partial charge in [-0.1, -0.05) is 11.8 Å². The van der Waals surface area contributed by atoms with Gasteiger partial charge in [-0.2, -0.15) is 5.26 Å². The van der Waals surface area contributed by atoms with Crippen molar-refractivity contribution in [2.24, 2.45) is 7.05 Å². The van der Waals surface area contributed by atoms with E-state index in [9.17, 15) is 19.5 Å². The molecule has 1 saturated heterocycles. The maximum absolute atomic E-state index is 12.9. The molecule has 0 radical (unpaired) electrons. The van der Waals surface area contributed by atoms with Crippen LogP contribution in [-0.4, -0.2) is 89.5 Å². The summed E-state index contributed by atoms with van der Waals surface area (Å²) in [6.45, 7) is 0. The number of thioether (sulfide) groups is 3. The van der Waals surface area contributed by atoms with Crippen molar-refractivity contribution in [2.45, 2.75) is 22.3 Å². The van der Waals surface area contributed by atoms with Crippen LogP contribution in [0.2, 0.25) is 0 Å². The summed E-state index contributed by atoms with van der Waals surface area (Å²) in [5.41, 5.74) is -1.14. The number of aryl methyl sites for hydroxylation is 1. The Balaban J connectivity index is 1.76. The van der Waals surface area contributed by atoms with Gasteiger partial charge in [-0.3, -0.25) is 9.59 Å². The van der Waals surface area contributed by atoms with Gasteiger partial charge in [-0.05, 0) is 21.4 Å². The molecule has 30 heavy (non-hydrogen) atoms. The average molecular weight is 472 g/mol. The number of aliphatic carboxylic acids is 1. The number of hydrogen-bond acceptors (Lipinski definition) is 11. The highest BCUT2D eigenvalue weighted by atomic mass is 32.2. The molecular formula is C15H17N7O5S3. The zero-order valence-corrected chi connectivity index (χ0v) is 18.3. The number of nitrogens with zero attached hydrogens (tertiary/aromatic N) is 6. The van der Waals surface area contributed by atoms with Crippen LogP contribution in [0.25, 0.3) is 0 Å². The summed E-state index contributed by atoms with van der Waals surface area (Å²) >= 11 is 3.55. The van der Waals surface area contributed by atoms with Crippen LogP contribution in [0.3, 0.4) is 0 Å². The number of amides is 2. The van der Waals surface area contributed by atoms with E-state index in [0.29, 0.717) is 10.7 Å². The lowest BCUT2D eigenvalue weighted by Crippen LogP contribution is -2.83. The monoisotopic (exact) mass is 471 g/mol. The summed E-state index contributed by atoms with van der Waals surface area (Å²) in [6.07, 6.45) is 0. The highest BCUT2D eigenvalue weighted by Gasteiger charge is 2.67. The Morgan fingerprint density at radius 2 is 2.30 bits per heavy atom. The van der Waals surface area contributed by atoms with E-state index in [1.807, 2.05) is 6.07 Å². The molecule has 0 aliphatic carbocycles. The fraction of sp³-hybridized carbons (Fsp3) is 0.533. The lowest BCUT2D eigenvalue weighted by atomic mass is 9.95. The molecule has 1 aromatic rings. The number of rotatable bonds is 9. The van der Waals surface area contributed by atoms with Crippen molar-refractivity contribution in [3.8, 4) is 6.07 Å². The van der Waals surface area contributed by atoms with Gasteiger partial charge in [-0.15, -0.1) is 28.6 Å². The first-order valence-electron chi connectivity index (χ1n) is 8.41. The molecule has 3 heterocycles. The summed E-state index contributed by atoms with van der Waals surface area (Å²) < 4.78 is 6.82. The van der Waals surface area contributed by atoms with Crippen LogP contribution in [0, 0.1) is 11.3 Å². The first kappa shape index (κ1) is 22.4. The number of aromatic nitrogens is 4. The number of hydrogen-bond donors (Lipinski definition) is 2. The van der Waals surface area contributed by atoms with E-state index in [1.165, 1.54) is 40.2 Å². The number of fused-ring (bicyclic) bond motifs is 1. The molecular weight excluding hydrogens is 454 g/mol. The summed E-state index contributed by atoms with van der Waals surface area (Å²) in [5, 5.41) is 33.5. The number of nitriles is 1. The molecule has 0 bridgehead atoms. The van der Waals surface area contributed by atoms with Crippen molar-refractivity contribution in [1.29, 1.82) is 5.26 Å². The second kappa shape index (κ2) is 9.25. The van der Waals surface area contributed by atoms with Crippen molar-refractivity contribution < 1.29 is 24.2 Å². The first-order valence-corrected chi connectivity index (χ1v) is 11.5. The maximum Gasteiger partial charge on any atom is 0.330 e. The molecule has 0 saturated carbocycles. The van der Waals surface area contributed by atoms with Crippen LogP contribution >= 0.6 is 35.3 Å². The molecule has 0 aromatic carbocycles. The summed E-state index contributed by atoms with van der Waals surface area (Å²) in [5.74, 6) is -1.90. The van der Waals surface area contributed by atoms with E-state index in [0.717, 1.165) is 11.8 Å². The van der Waals surface area contributed by atoms with E-state index >= 15 is 0 Å². The Kier molecular flexibility index (Phi) is 6.91. The molecule has 2 aliphatic heterocycles. The molecule has 2 unspecified atom stereocenters. The maximum atomic E-state index is 12.9. The number of carbonyl (C=O) groups is 3. The van der Waals surface area contributed by atoms with Crippen molar-refractivity contribution in [3.63, 3.8) is 0 Å². The fourth-order valence-electron chi connectivity index (χ4n) is 3.01. The van der Waals surface area contributed by atoms with Gasteiger partial charge in [0.1, 0.15) is 5.37 Å². The van der Waals surface area contributed by atoms with E-state index in [4.69, 9.17) is 10.00 Å². The van der Waals surface area contributed by atoms with Gasteiger partial charge in [0.25, 0.3) is 11.6 Å². The average Bonchev–Trinajstić information content (AvgIpc) is 3.14. The topological polar surface area (TPSA) is 163 Å². The highest BCUT2D eigenvalue weighted by molar-refractivity contribution is 8.03. The molecule has 1 fully saturated rings. The third kappa shape index (κ3) is 4.00. The van der Waals surface area contributed by atoms with Crippen LogP contribution in [-0.2, 0) is 26.2 Å². The number of ether oxygens (including phenoxy) is 1. The predicted octanol–water partition coefficient (Wildman–Crippen LogP) is -0.730. The van der Waals surface area contributed by atoms with Crippen LogP contribution < -0.4 is 5.32 Å². The van der Waals surface area contributed by atoms with Crippen molar-refractivity contribution in [2.75, 3.05) is 24.4 Å². The van der Waals surface area contributed by atoms with Gasteiger partial charge in [0.2, 0.25) is 11.1 Å². The van der Waals surface area contributed by atoms with Gasteiger partial charge in [-0.25, -0.2) is 9.48 Å². The van der Waals surface area contributed by atoms with Crippen molar-refractivity contribution in [3.05, 3.63) is 11.0 Å². The highest BCUT2D eigenvalue weighted by Crippen LogP contribution is 2.47. The molecule has 15 heteroatoms. The molecule has 2 aliphatic rings. The molecule has 1 aromatic heterocycles. The quantitative estimate of drug-likeness (QED) is 0.201. The molecule has 160 valence electrons. The SMILES string of the molecule is CO[C@@]1(NC(=O)CSCC#N)C(=O)N2C(C(=O)O)C(CSc3nnnn3C)=CSC21. The minimum Gasteiger partial charge on any atom is -0.479 e. The zero-order chi connectivity index (χ0) is 21.9. The molecule has 2 amide bonds. The van der Waals surface area contributed by atoms with E-state index < -0.39 is 34.9 Å². The van der Waals surface area contributed by atoms with Gasteiger partial charge in [0, 0.05) is 19.9 Å². The smallest absolute Gasteiger partial charge is 0.330 e. The number of β-lactam (4-membered cyclic amide) rings is 1. The molecule has 0 spiro atoms. The number of carboxylic acid groups (broad SMARTS) is 1. The number of carboxylic acids is 1. The standard InChI is InChI=1S/C15H17N7O5S3/c1-21-14(18-19-20-21)30-6-8-5-29-13-15(27-2,17-9(23)7-28-4-3-16)12(26)22(13)10(8)11(24)25/h5,10,13H,4,6-7H2,1-2H3,(H,17,23)(H,24,25)/t10?,13?,15-/m0/s1. The van der Waals surface area contributed by atoms with Crippen LogP contribution in [0.1, 0.15) is 0 Å². The number of carbonyl (C=O) groups excluding carboxylic acids is 2. The van der Waals surface area contributed by atoms with E-state index in [-0.39, 0.29) is 17.3 Å². The zero-order valence-electron chi connectivity index (χ0n) is 15.8. The predicted molar refractivity (Wildman–Crippen MR) is 108 cm³/mol. The molecule has 3 atom stereocenters. The number of nitrogens with one attached hydrogen (secondary N) is 1. The second-order valence-electron chi connectivity index (χ2n) is 6.15. The minimum absolute atomic E-state index is 0.0187. The lowest BCUT2D eigenvalue weighted by molar-refractivity contribution is -0.201. The Morgan fingerprint density at radius 3 is 2.90 bits per heavy atom. The van der Waals surface area contributed by atoms with Crippen molar-refractivity contribution in [1.82, 2.24) is 30.4 Å². The largest absolute Gasteiger partial charge is 0.479 e. The Morgan fingerprint density at radius 1 is 1.53 bits per heavy atom. The van der Waals surface area contributed by atoms with Gasteiger partial charge in [0.05, 0.1) is 17.6 Å². The van der Waals surface area contributed by atoms with Gasteiger partial charge in [0.15, 0.2) is 6.04 Å². The summed E-state index contributed by atoms with van der Waals surface area (Å²) in [6, 6.07) is 0.725. The fourth-order valence-corrected chi connectivity index (χ4v) is 5.73. The molecule has 12 nitrogen and oxygen atoms in total. The Hall–Kier alpha value is -2.28. The van der Waals surface area contributed by atoms with E-state index in [1.54, 1.807) is 12.5 Å². The third-order valence-corrected chi connectivity index (χ3v) is 7.50. The lowest BCUT2D eigenvalue weighted by Gasteiger charge is -2.57. The third-order valence-electron chi connectivity index (χ3n) is 4.36. The number of tetrazole rings is 1. The normalized spacial score (nSPS) is 25.0. The summed E-state index contributed by atoms with van der Waals surface area (Å²) in [7, 11) is 2.95. The summed E-state index contributed by atoms with van der Waals surface area (Å²) in [4.78, 5) is 38.3. The van der Waals surface area contributed by atoms with Crippen molar-refractivity contribution >= 4 is 53.1 Å². The molecule has 2 N–H and O–H groups in total. The molecule has 3 rings (SSSR count). The van der Waals surface area contributed by atoms with Crippen LogP contribution in [0.5, 0.6) is 0 Å².